The molecule has 2 aromatic carbocycles. The molecule has 17 heteroatoms. The number of amides is 6. The molecule has 1 unspecified atom stereocenters. The zero-order valence-electron chi connectivity index (χ0n) is 33.3. The number of piperazine rings is 1. The zero-order chi connectivity index (χ0) is 40.8. The van der Waals surface area contributed by atoms with E-state index in [0.717, 1.165) is 93.5 Å². The minimum absolute atomic E-state index is 0.0250. The van der Waals surface area contributed by atoms with Gasteiger partial charge in [-0.25, -0.2) is 14.2 Å². The van der Waals surface area contributed by atoms with Gasteiger partial charge in [0.1, 0.15) is 6.04 Å². The second-order valence-corrected chi connectivity index (χ2v) is 16.6. The van der Waals surface area contributed by atoms with Crippen LogP contribution >= 0.6 is 0 Å². The summed E-state index contributed by atoms with van der Waals surface area (Å²) in [4.78, 5) is 85.7. The summed E-state index contributed by atoms with van der Waals surface area (Å²) < 4.78 is 15.0. The number of fused-ring (bicyclic) bond motifs is 1. The number of carbonyl (C=O) groups is 5. The molecule has 2 N–H and O–H groups in total. The van der Waals surface area contributed by atoms with Crippen LogP contribution in [0.25, 0.3) is 0 Å². The highest BCUT2D eigenvalue weighted by molar-refractivity contribution is 6.23. The van der Waals surface area contributed by atoms with Crippen molar-refractivity contribution in [1.29, 1.82) is 0 Å². The number of aromatic nitrogens is 2. The molecular weight excluding hydrogens is 758 g/mol. The molecule has 310 valence electrons. The molecule has 6 aliphatic rings. The van der Waals surface area contributed by atoms with Gasteiger partial charge in [0.05, 0.1) is 23.4 Å². The molecule has 59 heavy (non-hydrogen) atoms. The molecule has 0 saturated carbocycles. The Morgan fingerprint density at radius 1 is 0.780 bits per heavy atom. The van der Waals surface area contributed by atoms with Gasteiger partial charge in [0.2, 0.25) is 17.8 Å². The van der Waals surface area contributed by atoms with Crippen LogP contribution in [0.4, 0.5) is 38.0 Å². The third-order valence-electron chi connectivity index (χ3n) is 12.9. The molecular formula is C42H50FN11O5. The normalized spacial score (nSPS) is 23.4. The van der Waals surface area contributed by atoms with E-state index in [4.69, 9.17) is 0 Å². The van der Waals surface area contributed by atoms with Crippen LogP contribution in [0.2, 0.25) is 0 Å². The summed E-state index contributed by atoms with van der Waals surface area (Å²) in [6, 6.07) is 12.6. The Bertz CT molecular complexity index is 2140. The maximum absolute atomic E-state index is 15.0. The smallest absolute Gasteiger partial charge is 0.320 e. The number of piperidine rings is 3. The average molecular weight is 808 g/mol. The summed E-state index contributed by atoms with van der Waals surface area (Å²) in [6.07, 6.45) is 5.23. The molecule has 6 aliphatic heterocycles. The number of hydrogen-bond donors (Lipinski definition) is 2. The van der Waals surface area contributed by atoms with Crippen LogP contribution in [-0.2, 0) is 9.59 Å². The quantitative estimate of drug-likeness (QED) is 0.305. The first kappa shape index (κ1) is 38.7. The monoisotopic (exact) mass is 807 g/mol. The van der Waals surface area contributed by atoms with Crippen molar-refractivity contribution in [2.75, 3.05) is 99.1 Å². The van der Waals surface area contributed by atoms with Crippen molar-refractivity contribution in [3.8, 4) is 0 Å². The topological polar surface area (TPSA) is 158 Å². The number of benzene rings is 2. The van der Waals surface area contributed by atoms with Gasteiger partial charge < -0.3 is 29.8 Å². The number of nitrogens with one attached hydrogen (secondary N) is 2. The lowest BCUT2D eigenvalue weighted by molar-refractivity contribution is -0.136. The van der Waals surface area contributed by atoms with Crippen molar-refractivity contribution >= 4 is 58.5 Å². The van der Waals surface area contributed by atoms with E-state index in [0.29, 0.717) is 49.2 Å². The van der Waals surface area contributed by atoms with Crippen LogP contribution in [0.3, 0.4) is 0 Å². The SMILES string of the molecule is CN1CCN([C@@H]2CCCN(c3nc(Nc4ccc(N5CCN(CC6CCN(c7ccc8c(c7)C(=O)N(C7CCC(=O)NC7=O)C8=O)CC6)CC5)cc4)ncc3F)C2)C1=O. The fraction of sp³-hybridized carbons (Fsp3) is 0.500. The molecule has 9 rings (SSSR count). The largest absolute Gasteiger partial charge is 0.371 e. The van der Waals surface area contributed by atoms with Gasteiger partial charge in [-0.1, -0.05) is 0 Å². The molecule has 7 heterocycles. The fourth-order valence-electron chi connectivity index (χ4n) is 9.52. The first-order chi connectivity index (χ1) is 28.6. The molecule has 0 radical (unpaired) electrons. The van der Waals surface area contributed by atoms with Crippen LogP contribution in [0.15, 0.2) is 48.7 Å². The summed E-state index contributed by atoms with van der Waals surface area (Å²) in [6.45, 7) is 9.12. The van der Waals surface area contributed by atoms with E-state index in [2.05, 4.69) is 47.4 Å². The third-order valence-corrected chi connectivity index (χ3v) is 12.9. The molecule has 1 aromatic heterocycles. The van der Waals surface area contributed by atoms with Gasteiger partial charge in [-0.05, 0) is 80.5 Å². The number of imide groups is 2. The van der Waals surface area contributed by atoms with Crippen LogP contribution in [0.5, 0.6) is 0 Å². The number of anilines is 5. The van der Waals surface area contributed by atoms with E-state index in [1.165, 1.54) is 6.20 Å². The maximum atomic E-state index is 15.0. The lowest BCUT2D eigenvalue weighted by atomic mass is 9.95. The summed E-state index contributed by atoms with van der Waals surface area (Å²) in [7, 11) is 1.81. The molecule has 5 saturated heterocycles. The van der Waals surface area contributed by atoms with Crippen LogP contribution in [-0.4, -0.2) is 150 Å². The average Bonchev–Trinajstić information content (AvgIpc) is 3.71. The molecule has 5 fully saturated rings. The first-order valence-electron chi connectivity index (χ1n) is 20.8. The highest BCUT2D eigenvalue weighted by atomic mass is 19.1. The van der Waals surface area contributed by atoms with E-state index >= 15 is 4.39 Å². The van der Waals surface area contributed by atoms with Gasteiger partial charge >= 0.3 is 6.03 Å². The molecule has 0 aliphatic carbocycles. The van der Waals surface area contributed by atoms with Crippen molar-refractivity contribution in [3.05, 3.63) is 65.6 Å². The molecule has 2 atom stereocenters. The van der Waals surface area contributed by atoms with Crippen molar-refractivity contribution in [1.82, 2.24) is 34.9 Å². The summed E-state index contributed by atoms with van der Waals surface area (Å²) >= 11 is 0. The zero-order valence-corrected chi connectivity index (χ0v) is 33.3. The Balaban J connectivity index is 0.735. The van der Waals surface area contributed by atoms with Gasteiger partial charge in [0, 0.05) is 103 Å². The Morgan fingerprint density at radius 2 is 1.51 bits per heavy atom. The van der Waals surface area contributed by atoms with E-state index in [9.17, 15) is 24.0 Å². The second kappa shape index (κ2) is 16.1. The van der Waals surface area contributed by atoms with Crippen molar-refractivity contribution in [2.24, 2.45) is 5.92 Å². The first-order valence-corrected chi connectivity index (χ1v) is 20.8. The lowest BCUT2D eigenvalue weighted by Gasteiger charge is -2.40. The van der Waals surface area contributed by atoms with Crippen molar-refractivity contribution < 1.29 is 28.4 Å². The minimum atomic E-state index is -0.971. The van der Waals surface area contributed by atoms with Gasteiger partial charge in [-0.2, -0.15) is 4.98 Å². The number of halogens is 1. The number of rotatable bonds is 9. The Morgan fingerprint density at radius 3 is 2.24 bits per heavy atom. The van der Waals surface area contributed by atoms with Gasteiger partial charge in [-0.3, -0.25) is 34.3 Å². The van der Waals surface area contributed by atoms with Crippen molar-refractivity contribution in [2.45, 2.75) is 50.6 Å². The summed E-state index contributed by atoms with van der Waals surface area (Å²) in [5.41, 5.74) is 3.46. The Labute approximate surface area is 342 Å². The standard InChI is InChI=1S/C42H50FN11O5/c1-48-17-22-53(42(48)59)31-3-2-14-52(26-31)37-34(43)24-44-41(47-37)45-28-4-6-29(7-5-28)51-20-18-49(19-21-51)25-27-12-15-50(16-13-27)30-8-9-32-33(23-30)40(58)54(39(32)57)35-10-11-36(55)46-38(35)56/h4-9,23-24,27,31,35H,2-3,10-22,25-26H2,1H3,(H,44,45,47)(H,46,55,56)/t31-,35?/m1/s1. The Hall–Kier alpha value is -5.84. The van der Waals surface area contributed by atoms with Crippen LogP contribution < -0.4 is 25.3 Å². The number of carbonyl (C=O) groups excluding carboxylic acids is 5. The van der Waals surface area contributed by atoms with Crippen LogP contribution in [0.1, 0.15) is 59.2 Å². The molecule has 0 spiro atoms. The number of likely N-dealkylation sites (N-methyl/N-ethyl adjacent to an activating group) is 1. The molecule has 16 nitrogen and oxygen atoms in total. The third kappa shape index (κ3) is 7.75. The summed E-state index contributed by atoms with van der Waals surface area (Å²) in [5, 5.41) is 5.49. The van der Waals surface area contributed by atoms with E-state index in [1.54, 1.807) is 17.0 Å². The van der Waals surface area contributed by atoms with Gasteiger partial charge in [0.15, 0.2) is 11.6 Å². The predicted molar refractivity (Wildman–Crippen MR) is 218 cm³/mol. The Kier molecular flexibility index (Phi) is 10.5. The predicted octanol–water partition coefficient (Wildman–Crippen LogP) is 3.14. The van der Waals surface area contributed by atoms with Gasteiger partial charge in [0.25, 0.3) is 11.8 Å². The fourth-order valence-corrected chi connectivity index (χ4v) is 9.52. The molecule has 3 aromatic rings. The molecule has 6 amide bonds. The minimum Gasteiger partial charge on any atom is -0.371 e. The maximum Gasteiger partial charge on any atom is 0.320 e. The number of nitrogens with zero attached hydrogens (tertiary/aromatic N) is 9. The van der Waals surface area contributed by atoms with Crippen molar-refractivity contribution in [3.63, 3.8) is 0 Å². The number of hydrogen-bond acceptors (Lipinski definition) is 12. The summed E-state index contributed by atoms with van der Waals surface area (Å²) in [5.74, 6) is -1.30. The second-order valence-electron chi connectivity index (χ2n) is 16.6. The van der Waals surface area contributed by atoms with Crippen LogP contribution in [0, 0.1) is 11.7 Å². The highest BCUT2D eigenvalue weighted by Crippen LogP contribution is 2.33. The molecule has 0 bridgehead atoms. The van der Waals surface area contributed by atoms with E-state index in [-0.39, 0.29) is 30.7 Å². The highest BCUT2D eigenvalue weighted by Gasteiger charge is 2.45. The van der Waals surface area contributed by atoms with E-state index < -0.39 is 35.5 Å². The lowest BCUT2D eigenvalue weighted by Crippen LogP contribution is -2.54. The van der Waals surface area contributed by atoms with E-state index in [1.807, 2.05) is 35.0 Å². The number of urea groups is 1. The van der Waals surface area contributed by atoms with Gasteiger partial charge in [-0.15, -0.1) is 0 Å².